The number of ether oxygens (including phenoxy) is 1. The molecule has 1 saturated carbocycles. The molecule has 1 aromatic heterocycles. The van der Waals surface area contributed by atoms with Gasteiger partial charge in [-0.3, -0.25) is 4.79 Å². The summed E-state index contributed by atoms with van der Waals surface area (Å²) in [4.78, 5) is 27.0. The fraction of sp³-hybridized carbons (Fsp3) is 0.524. The number of likely N-dealkylation sites (tertiary alicyclic amines) is 1. The number of hydrogen-bond acceptors (Lipinski definition) is 4. The molecule has 2 atom stereocenters. The van der Waals surface area contributed by atoms with Crippen molar-refractivity contribution < 1.29 is 18.7 Å². The lowest BCUT2D eigenvalue weighted by Crippen LogP contribution is -2.50. The summed E-state index contributed by atoms with van der Waals surface area (Å²) in [5, 5.41) is 0.895. The molecule has 1 aliphatic carbocycles. The number of fused-ring (bicyclic) bond motifs is 2. The fourth-order valence-electron chi connectivity index (χ4n) is 4.58. The molecule has 2 fully saturated rings. The first kappa shape index (κ1) is 17.1. The van der Waals surface area contributed by atoms with Crippen molar-refractivity contribution in [3.63, 3.8) is 0 Å². The van der Waals surface area contributed by atoms with Gasteiger partial charge in [-0.15, -0.1) is 0 Å². The van der Waals surface area contributed by atoms with Gasteiger partial charge in [-0.2, -0.15) is 0 Å². The van der Waals surface area contributed by atoms with Crippen molar-refractivity contribution in [2.45, 2.75) is 51.5 Å². The van der Waals surface area contributed by atoms with Crippen LogP contribution in [0.15, 0.2) is 28.7 Å². The Kier molecular flexibility index (Phi) is 4.70. The second-order valence-corrected chi connectivity index (χ2v) is 7.47. The van der Waals surface area contributed by atoms with Crippen molar-refractivity contribution in [1.29, 1.82) is 0 Å². The van der Waals surface area contributed by atoms with E-state index < -0.39 is 5.97 Å². The normalized spacial score (nSPS) is 22.9. The van der Waals surface area contributed by atoms with Gasteiger partial charge >= 0.3 is 5.97 Å². The number of para-hydroxylation sites is 1. The van der Waals surface area contributed by atoms with Crippen LogP contribution in [-0.2, 0) is 9.53 Å². The molecule has 1 amide bonds. The van der Waals surface area contributed by atoms with E-state index in [-0.39, 0.29) is 18.3 Å². The van der Waals surface area contributed by atoms with Gasteiger partial charge in [-0.05, 0) is 44.6 Å². The smallest absolute Gasteiger partial charge is 0.375 e. The van der Waals surface area contributed by atoms with Gasteiger partial charge in [0, 0.05) is 23.5 Å². The molecular weight excluding hydrogens is 330 g/mol. The van der Waals surface area contributed by atoms with Crippen LogP contribution in [0.4, 0.5) is 0 Å². The molecular formula is C21H25NO4. The summed E-state index contributed by atoms with van der Waals surface area (Å²) in [6.45, 7) is 2.40. The Morgan fingerprint density at radius 2 is 1.92 bits per heavy atom. The number of hydrogen-bond donors (Lipinski definition) is 0. The Balaban J connectivity index is 1.42. The zero-order chi connectivity index (χ0) is 18.1. The summed E-state index contributed by atoms with van der Waals surface area (Å²) < 4.78 is 10.9. The highest BCUT2D eigenvalue weighted by Gasteiger charge is 2.36. The number of esters is 1. The Morgan fingerprint density at radius 3 is 2.77 bits per heavy atom. The molecule has 5 heteroatoms. The Labute approximate surface area is 153 Å². The highest BCUT2D eigenvalue weighted by molar-refractivity contribution is 5.96. The molecule has 1 saturated heterocycles. The molecule has 5 nitrogen and oxygen atoms in total. The number of carbonyl (C=O) groups is 2. The molecule has 26 heavy (non-hydrogen) atoms. The minimum atomic E-state index is -0.566. The van der Waals surface area contributed by atoms with E-state index in [2.05, 4.69) is 0 Å². The molecule has 0 radical (unpaired) electrons. The molecule has 0 bridgehead atoms. The molecule has 1 aliphatic heterocycles. The molecule has 2 aliphatic rings. The third-order valence-electron chi connectivity index (χ3n) is 5.92. The van der Waals surface area contributed by atoms with Gasteiger partial charge < -0.3 is 14.1 Å². The molecule has 2 heterocycles. The number of piperidine rings is 1. The van der Waals surface area contributed by atoms with Crippen LogP contribution in [0.1, 0.15) is 54.6 Å². The Bertz CT molecular complexity index is 823. The van der Waals surface area contributed by atoms with Crippen LogP contribution in [0.25, 0.3) is 11.0 Å². The number of nitrogens with zero attached hydrogens (tertiary/aromatic N) is 1. The molecule has 0 spiro atoms. The van der Waals surface area contributed by atoms with Crippen molar-refractivity contribution in [3.8, 4) is 0 Å². The molecule has 0 N–H and O–H groups in total. The summed E-state index contributed by atoms with van der Waals surface area (Å²) in [6.07, 6.45) is 7.00. The topological polar surface area (TPSA) is 59.8 Å². The van der Waals surface area contributed by atoms with Crippen LogP contribution >= 0.6 is 0 Å². The van der Waals surface area contributed by atoms with Crippen LogP contribution in [-0.4, -0.2) is 36.0 Å². The minimum Gasteiger partial charge on any atom is -0.450 e. The molecule has 0 unspecified atom stereocenters. The van der Waals surface area contributed by atoms with Gasteiger partial charge in [0.05, 0.1) is 0 Å². The molecule has 138 valence electrons. The van der Waals surface area contributed by atoms with E-state index >= 15 is 0 Å². The molecule has 2 aromatic rings. The maximum Gasteiger partial charge on any atom is 0.375 e. The number of aryl methyl sites for hydroxylation is 1. The van der Waals surface area contributed by atoms with E-state index in [9.17, 15) is 9.59 Å². The Hall–Kier alpha value is -2.30. The number of rotatable bonds is 3. The highest BCUT2D eigenvalue weighted by atomic mass is 16.5. The van der Waals surface area contributed by atoms with E-state index in [1.807, 2.05) is 36.1 Å². The maximum atomic E-state index is 12.7. The first-order valence-electron chi connectivity index (χ1n) is 9.60. The lowest BCUT2D eigenvalue weighted by molar-refractivity contribution is -0.140. The monoisotopic (exact) mass is 355 g/mol. The van der Waals surface area contributed by atoms with Crippen molar-refractivity contribution in [2.24, 2.45) is 5.92 Å². The number of benzene rings is 1. The standard InChI is InChI=1S/C21H25NO4/c1-14-16-9-3-5-11-18(16)26-20(14)21(24)25-13-19(23)22-12-6-8-15-7-2-4-10-17(15)22/h3,5,9,11,15,17H,2,4,6-8,10,12-13H2,1H3/t15-,17-/m0/s1. The minimum absolute atomic E-state index is 0.0799. The first-order valence-corrected chi connectivity index (χ1v) is 9.60. The summed E-state index contributed by atoms with van der Waals surface area (Å²) >= 11 is 0. The van der Waals surface area contributed by atoms with Gasteiger partial charge in [0.2, 0.25) is 5.76 Å². The van der Waals surface area contributed by atoms with Crippen molar-refractivity contribution in [3.05, 3.63) is 35.6 Å². The maximum absolute atomic E-state index is 12.7. The van der Waals surface area contributed by atoms with Crippen LogP contribution in [0.3, 0.4) is 0 Å². The second-order valence-electron chi connectivity index (χ2n) is 7.47. The van der Waals surface area contributed by atoms with E-state index in [1.165, 1.54) is 25.7 Å². The van der Waals surface area contributed by atoms with Gasteiger partial charge in [-0.25, -0.2) is 4.79 Å². The van der Waals surface area contributed by atoms with E-state index in [1.54, 1.807) is 0 Å². The Morgan fingerprint density at radius 1 is 1.15 bits per heavy atom. The van der Waals surface area contributed by atoms with Gasteiger partial charge in [0.25, 0.3) is 5.91 Å². The third-order valence-corrected chi connectivity index (χ3v) is 5.92. The third kappa shape index (κ3) is 3.11. The number of carbonyl (C=O) groups excluding carboxylic acids is 2. The van der Waals surface area contributed by atoms with Crippen molar-refractivity contribution in [1.82, 2.24) is 4.90 Å². The number of amides is 1. The summed E-state index contributed by atoms with van der Waals surface area (Å²) in [5.41, 5.74) is 1.41. The SMILES string of the molecule is Cc1c(C(=O)OCC(=O)N2CCC[C@@H]3CCCC[C@@H]32)oc2ccccc12. The van der Waals surface area contributed by atoms with Crippen molar-refractivity contribution in [2.75, 3.05) is 13.2 Å². The predicted molar refractivity (Wildman–Crippen MR) is 97.9 cm³/mol. The zero-order valence-corrected chi connectivity index (χ0v) is 15.2. The van der Waals surface area contributed by atoms with Crippen LogP contribution in [0, 0.1) is 12.8 Å². The van der Waals surface area contributed by atoms with Crippen LogP contribution in [0.2, 0.25) is 0 Å². The first-order chi connectivity index (χ1) is 12.6. The van der Waals surface area contributed by atoms with Crippen LogP contribution < -0.4 is 0 Å². The molecule has 4 rings (SSSR count). The quantitative estimate of drug-likeness (QED) is 0.779. The summed E-state index contributed by atoms with van der Waals surface area (Å²) in [6, 6.07) is 7.83. The lowest BCUT2D eigenvalue weighted by atomic mass is 9.78. The van der Waals surface area contributed by atoms with E-state index in [4.69, 9.17) is 9.15 Å². The van der Waals surface area contributed by atoms with E-state index in [0.29, 0.717) is 17.5 Å². The predicted octanol–water partition coefficient (Wildman–Crippen LogP) is 4.08. The van der Waals surface area contributed by atoms with Gasteiger partial charge in [-0.1, -0.05) is 31.0 Å². The highest BCUT2D eigenvalue weighted by Crippen LogP contribution is 2.35. The largest absolute Gasteiger partial charge is 0.450 e. The van der Waals surface area contributed by atoms with Crippen LogP contribution in [0.5, 0.6) is 0 Å². The number of furan rings is 1. The molecule has 1 aromatic carbocycles. The van der Waals surface area contributed by atoms with Gasteiger partial charge in [0.1, 0.15) is 5.58 Å². The summed E-state index contributed by atoms with van der Waals surface area (Å²) in [7, 11) is 0. The average molecular weight is 355 g/mol. The van der Waals surface area contributed by atoms with E-state index in [0.717, 1.165) is 30.3 Å². The fourth-order valence-corrected chi connectivity index (χ4v) is 4.58. The zero-order valence-electron chi connectivity index (χ0n) is 15.2. The summed E-state index contributed by atoms with van der Waals surface area (Å²) in [5.74, 6) is 0.163. The van der Waals surface area contributed by atoms with Gasteiger partial charge in [0.15, 0.2) is 6.61 Å². The van der Waals surface area contributed by atoms with Crippen molar-refractivity contribution >= 4 is 22.8 Å². The average Bonchev–Trinajstić information content (AvgIpc) is 3.02. The lowest BCUT2D eigenvalue weighted by Gasteiger charge is -2.44. The second kappa shape index (κ2) is 7.14.